The first-order chi connectivity index (χ1) is 9.72. The quantitative estimate of drug-likeness (QED) is 0.709. The highest BCUT2D eigenvalue weighted by molar-refractivity contribution is 14.1. The lowest BCUT2D eigenvalue weighted by Crippen LogP contribution is -1.91. The van der Waals surface area contributed by atoms with Gasteiger partial charge in [0, 0.05) is 22.4 Å². The van der Waals surface area contributed by atoms with Crippen molar-refractivity contribution in [2.45, 2.75) is 6.42 Å². The van der Waals surface area contributed by atoms with Gasteiger partial charge in [0.25, 0.3) is 5.89 Å². The number of rotatable bonds is 3. The Morgan fingerprint density at radius 2 is 2.15 bits per heavy atom. The van der Waals surface area contributed by atoms with Crippen molar-refractivity contribution in [1.29, 1.82) is 0 Å². The summed E-state index contributed by atoms with van der Waals surface area (Å²) < 4.78 is 6.20. The maximum atomic E-state index is 9.85. The van der Waals surface area contributed by atoms with Crippen LogP contribution in [0.25, 0.3) is 11.5 Å². The molecule has 0 fully saturated rings. The molecule has 2 heterocycles. The van der Waals surface area contributed by atoms with Crippen molar-refractivity contribution < 1.29 is 9.63 Å². The molecule has 6 heteroatoms. The Morgan fingerprint density at radius 1 is 1.25 bits per heavy atom. The summed E-state index contributed by atoms with van der Waals surface area (Å²) >= 11 is 2.17. The van der Waals surface area contributed by atoms with E-state index in [0.29, 0.717) is 23.7 Å². The Morgan fingerprint density at radius 3 is 2.95 bits per heavy atom. The Balaban J connectivity index is 1.88. The molecule has 0 aliphatic carbocycles. The molecule has 5 nitrogen and oxygen atoms in total. The van der Waals surface area contributed by atoms with Crippen LogP contribution in [0.1, 0.15) is 11.4 Å². The number of hydrogen-bond donors (Lipinski definition) is 1. The Hall–Kier alpha value is -1.96. The van der Waals surface area contributed by atoms with Crippen molar-refractivity contribution in [2.24, 2.45) is 0 Å². The normalized spacial score (nSPS) is 10.7. The number of nitrogens with zero attached hydrogens (tertiary/aromatic N) is 3. The van der Waals surface area contributed by atoms with Gasteiger partial charge in [-0.2, -0.15) is 4.98 Å². The minimum absolute atomic E-state index is 0.127. The number of aromatic nitrogens is 3. The Labute approximate surface area is 128 Å². The fourth-order valence-electron chi connectivity index (χ4n) is 1.80. The zero-order chi connectivity index (χ0) is 13.9. The van der Waals surface area contributed by atoms with Gasteiger partial charge in [0.05, 0.1) is 5.56 Å². The average Bonchev–Trinajstić information content (AvgIpc) is 2.91. The third-order valence-electron chi connectivity index (χ3n) is 2.74. The lowest BCUT2D eigenvalue weighted by atomic mass is 10.2. The second kappa shape index (κ2) is 5.58. The molecule has 0 spiro atoms. The van der Waals surface area contributed by atoms with E-state index in [0.717, 1.165) is 9.13 Å². The lowest BCUT2D eigenvalue weighted by Gasteiger charge is -1.99. The molecule has 3 aromatic rings. The number of halogens is 1. The summed E-state index contributed by atoms with van der Waals surface area (Å²) in [6.45, 7) is 0. The van der Waals surface area contributed by atoms with Crippen molar-refractivity contribution >= 4 is 22.6 Å². The molecule has 3 rings (SSSR count). The first-order valence-corrected chi connectivity index (χ1v) is 7.00. The molecule has 1 N–H and O–H groups in total. The largest absolute Gasteiger partial charge is 0.507 e. The Kier molecular flexibility index (Phi) is 3.64. The molecule has 0 atom stereocenters. The fourth-order valence-corrected chi connectivity index (χ4v) is 2.29. The highest BCUT2D eigenvalue weighted by Crippen LogP contribution is 2.29. The van der Waals surface area contributed by atoms with Gasteiger partial charge in [0.2, 0.25) is 0 Å². The summed E-state index contributed by atoms with van der Waals surface area (Å²) in [6, 6.07) is 9.04. The summed E-state index contributed by atoms with van der Waals surface area (Å²) in [4.78, 5) is 8.35. The number of phenolic OH excluding ortho intramolecular Hbond substituents is 1. The molecule has 1 aromatic carbocycles. The first kappa shape index (κ1) is 13.0. The molecule has 100 valence electrons. The molecule has 2 aromatic heterocycles. The van der Waals surface area contributed by atoms with Crippen LogP contribution in [0, 0.1) is 3.57 Å². The predicted octanol–water partition coefficient (Wildman–Crippen LogP) is 3.03. The number of aromatic hydroxyl groups is 1. The molecule has 0 saturated carbocycles. The van der Waals surface area contributed by atoms with Gasteiger partial charge in [0.1, 0.15) is 5.75 Å². The van der Waals surface area contributed by atoms with Gasteiger partial charge in [-0.05, 0) is 52.4 Å². The van der Waals surface area contributed by atoms with E-state index < -0.39 is 0 Å². The van der Waals surface area contributed by atoms with Crippen LogP contribution >= 0.6 is 22.6 Å². The minimum Gasteiger partial charge on any atom is -0.507 e. The smallest absolute Gasteiger partial charge is 0.261 e. The maximum absolute atomic E-state index is 9.85. The monoisotopic (exact) mass is 379 g/mol. The summed E-state index contributed by atoms with van der Waals surface area (Å²) in [5, 5.41) is 13.8. The van der Waals surface area contributed by atoms with Gasteiger partial charge in [-0.25, -0.2) is 0 Å². The van der Waals surface area contributed by atoms with E-state index in [4.69, 9.17) is 4.52 Å². The standard InChI is InChI=1S/C14H10IN3O2/c15-10-3-4-12(19)11(7-10)14-17-13(18-20-14)6-9-2-1-5-16-8-9/h1-5,7-8,19H,6H2. The van der Waals surface area contributed by atoms with E-state index in [-0.39, 0.29) is 5.75 Å². The lowest BCUT2D eigenvalue weighted by molar-refractivity contribution is 0.418. The highest BCUT2D eigenvalue weighted by atomic mass is 127. The van der Waals surface area contributed by atoms with E-state index in [2.05, 4.69) is 37.7 Å². The average molecular weight is 379 g/mol. The van der Waals surface area contributed by atoms with Crippen molar-refractivity contribution in [3.05, 3.63) is 57.7 Å². The minimum atomic E-state index is 0.127. The van der Waals surface area contributed by atoms with Crippen LogP contribution in [0.5, 0.6) is 5.75 Å². The molecule has 0 unspecified atom stereocenters. The van der Waals surface area contributed by atoms with Gasteiger partial charge in [0.15, 0.2) is 5.82 Å². The second-order valence-corrected chi connectivity index (χ2v) is 5.46. The van der Waals surface area contributed by atoms with Crippen LogP contribution in [-0.4, -0.2) is 20.2 Å². The summed E-state index contributed by atoms with van der Waals surface area (Å²) in [5.41, 5.74) is 1.55. The van der Waals surface area contributed by atoms with Gasteiger partial charge in [-0.1, -0.05) is 11.2 Å². The van der Waals surface area contributed by atoms with Crippen LogP contribution in [0.2, 0.25) is 0 Å². The number of phenols is 1. The van der Waals surface area contributed by atoms with Crippen LogP contribution in [0.3, 0.4) is 0 Å². The molecule has 20 heavy (non-hydrogen) atoms. The van der Waals surface area contributed by atoms with Gasteiger partial charge >= 0.3 is 0 Å². The highest BCUT2D eigenvalue weighted by Gasteiger charge is 2.13. The van der Waals surface area contributed by atoms with Crippen LogP contribution in [0.15, 0.2) is 47.2 Å². The summed E-state index contributed by atoms with van der Waals surface area (Å²) in [6.07, 6.45) is 4.02. The zero-order valence-electron chi connectivity index (χ0n) is 10.3. The molecule has 0 aliphatic rings. The van der Waals surface area contributed by atoms with Crippen LogP contribution in [0.4, 0.5) is 0 Å². The summed E-state index contributed by atoms with van der Waals surface area (Å²) in [7, 11) is 0. The third-order valence-corrected chi connectivity index (χ3v) is 3.41. The molecular formula is C14H10IN3O2. The number of pyridine rings is 1. The van der Waals surface area contributed by atoms with Gasteiger partial charge in [-0.3, -0.25) is 4.98 Å². The van der Waals surface area contributed by atoms with Crippen molar-refractivity contribution in [2.75, 3.05) is 0 Å². The molecule has 0 aliphatic heterocycles. The van der Waals surface area contributed by atoms with E-state index in [1.54, 1.807) is 24.5 Å². The van der Waals surface area contributed by atoms with Crippen molar-refractivity contribution in [3.63, 3.8) is 0 Å². The maximum Gasteiger partial charge on any atom is 0.261 e. The van der Waals surface area contributed by atoms with Gasteiger partial charge in [-0.15, -0.1) is 0 Å². The second-order valence-electron chi connectivity index (χ2n) is 4.22. The summed E-state index contributed by atoms with van der Waals surface area (Å²) in [5.74, 6) is 1.01. The van der Waals surface area contributed by atoms with Crippen LogP contribution < -0.4 is 0 Å². The van der Waals surface area contributed by atoms with Gasteiger partial charge < -0.3 is 9.63 Å². The third kappa shape index (κ3) is 2.79. The predicted molar refractivity (Wildman–Crippen MR) is 81.2 cm³/mol. The molecule has 0 radical (unpaired) electrons. The van der Waals surface area contributed by atoms with E-state index >= 15 is 0 Å². The fraction of sp³-hybridized carbons (Fsp3) is 0.0714. The molecule has 0 amide bonds. The Bertz CT molecular complexity index is 728. The zero-order valence-corrected chi connectivity index (χ0v) is 12.5. The first-order valence-electron chi connectivity index (χ1n) is 5.93. The topological polar surface area (TPSA) is 72.0 Å². The molecular weight excluding hydrogens is 369 g/mol. The van der Waals surface area contributed by atoms with Crippen molar-refractivity contribution in [3.8, 4) is 17.2 Å². The SMILES string of the molecule is Oc1ccc(I)cc1-c1nc(Cc2cccnc2)no1. The van der Waals surface area contributed by atoms with Crippen LogP contribution in [-0.2, 0) is 6.42 Å². The van der Waals surface area contributed by atoms with E-state index in [1.165, 1.54) is 0 Å². The van der Waals surface area contributed by atoms with Crippen molar-refractivity contribution in [1.82, 2.24) is 15.1 Å². The number of benzene rings is 1. The number of hydrogen-bond acceptors (Lipinski definition) is 5. The molecule has 0 saturated heterocycles. The van der Waals surface area contributed by atoms with E-state index in [1.807, 2.05) is 18.2 Å². The molecule has 0 bridgehead atoms. The van der Waals surface area contributed by atoms with E-state index in [9.17, 15) is 5.11 Å².